The summed E-state index contributed by atoms with van der Waals surface area (Å²) in [5.74, 6) is 1.07. The summed E-state index contributed by atoms with van der Waals surface area (Å²) < 4.78 is 0. The predicted molar refractivity (Wildman–Crippen MR) is 132 cm³/mol. The van der Waals surface area contributed by atoms with Gasteiger partial charge in [-0.2, -0.15) is 0 Å². The van der Waals surface area contributed by atoms with Gasteiger partial charge in [0.25, 0.3) is 0 Å². The first kappa shape index (κ1) is 22.8. The predicted octanol–water partition coefficient (Wildman–Crippen LogP) is 3.19. The summed E-state index contributed by atoms with van der Waals surface area (Å²) in [6, 6.07) is 8.85. The fourth-order valence-corrected chi connectivity index (χ4v) is 5.26. The first-order valence-corrected chi connectivity index (χ1v) is 11.2. The van der Waals surface area contributed by atoms with Crippen molar-refractivity contribution in [1.82, 2.24) is 20.0 Å². The molecule has 0 atom stereocenters. The topological polar surface area (TPSA) is 34.1 Å². The number of aliphatic imine (C=N–C) groups is 1. The van der Waals surface area contributed by atoms with E-state index < -0.39 is 0 Å². The number of hydrogen-bond acceptors (Lipinski definition) is 3. The van der Waals surface area contributed by atoms with E-state index in [1.165, 1.54) is 69.4 Å². The Kier molecular flexibility index (Phi) is 8.22. The Morgan fingerprint density at radius 3 is 2.38 bits per heavy atom. The van der Waals surface area contributed by atoms with Crippen molar-refractivity contribution >= 4 is 29.9 Å². The number of likely N-dealkylation sites (tertiary alicyclic amines) is 2. The smallest absolute Gasteiger partial charge is 0.194 e. The summed E-state index contributed by atoms with van der Waals surface area (Å²) in [4.78, 5) is 12.4. The highest BCUT2D eigenvalue weighted by molar-refractivity contribution is 14.0. The van der Waals surface area contributed by atoms with Gasteiger partial charge in [-0.25, -0.2) is 0 Å². The lowest BCUT2D eigenvalue weighted by Gasteiger charge is -2.50. The van der Waals surface area contributed by atoms with E-state index in [0.29, 0.717) is 0 Å². The molecule has 3 aliphatic rings. The third-order valence-electron chi connectivity index (χ3n) is 7.16. The van der Waals surface area contributed by atoms with Gasteiger partial charge < -0.3 is 15.1 Å². The van der Waals surface area contributed by atoms with Crippen LogP contribution < -0.4 is 5.32 Å². The van der Waals surface area contributed by atoms with Crippen LogP contribution in [0.25, 0.3) is 0 Å². The Morgan fingerprint density at radius 2 is 1.69 bits per heavy atom. The van der Waals surface area contributed by atoms with Crippen molar-refractivity contribution in [3.63, 3.8) is 0 Å². The highest BCUT2D eigenvalue weighted by Gasteiger charge is 2.40. The SMILES string of the molecule is CN=C(NCC1(N2CCCCC2)CCN(C)CC1)N1CCc2ccccc2C1.I. The number of fused-ring (bicyclic) bond motifs is 1. The standard InChI is InChI=1S/C23H37N5.HI/c1-24-22(27-15-10-20-8-4-5-9-21(20)18-27)25-19-23(11-16-26(2)17-12-23)28-13-6-3-7-14-28;/h4-5,8-9H,3,6-7,10-19H2,1-2H3,(H,24,25);1H. The van der Waals surface area contributed by atoms with Gasteiger partial charge in [0.1, 0.15) is 0 Å². The zero-order valence-corrected chi connectivity index (χ0v) is 20.5. The van der Waals surface area contributed by atoms with E-state index in [1.54, 1.807) is 0 Å². The second-order valence-electron chi connectivity index (χ2n) is 8.92. The number of rotatable bonds is 3. The lowest BCUT2D eigenvalue weighted by Crippen LogP contribution is -2.62. The van der Waals surface area contributed by atoms with Crippen LogP contribution in [-0.2, 0) is 13.0 Å². The second kappa shape index (κ2) is 10.4. The molecule has 29 heavy (non-hydrogen) atoms. The van der Waals surface area contributed by atoms with Gasteiger partial charge in [0.2, 0.25) is 0 Å². The van der Waals surface area contributed by atoms with Crippen LogP contribution in [0.4, 0.5) is 0 Å². The number of piperidine rings is 2. The number of guanidine groups is 1. The molecule has 0 radical (unpaired) electrons. The Balaban J connectivity index is 0.00000240. The molecular formula is C23H38IN5. The minimum atomic E-state index is 0. The highest BCUT2D eigenvalue weighted by atomic mass is 127. The molecular weight excluding hydrogens is 473 g/mol. The number of halogens is 1. The van der Waals surface area contributed by atoms with E-state index in [2.05, 4.69) is 56.3 Å². The third-order valence-corrected chi connectivity index (χ3v) is 7.16. The number of hydrogen-bond donors (Lipinski definition) is 1. The molecule has 1 aromatic carbocycles. The monoisotopic (exact) mass is 511 g/mol. The molecule has 0 saturated carbocycles. The molecule has 2 saturated heterocycles. The molecule has 0 amide bonds. The van der Waals surface area contributed by atoms with E-state index in [1.807, 2.05) is 7.05 Å². The number of nitrogens with one attached hydrogen (secondary N) is 1. The van der Waals surface area contributed by atoms with Crippen molar-refractivity contribution in [3.05, 3.63) is 35.4 Å². The van der Waals surface area contributed by atoms with Crippen LogP contribution in [0.2, 0.25) is 0 Å². The van der Waals surface area contributed by atoms with Gasteiger partial charge in [-0.15, -0.1) is 24.0 Å². The van der Waals surface area contributed by atoms with E-state index >= 15 is 0 Å². The quantitative estimate of drug-likeness (QED) is 0.384. The van der Waals surface area contributed by atoms with Crippen LogP contribution in [0, 0.1) is 0 Å². The Hall–Kier alpha value is -0.860. The molecule has 5 nitrogen and oxygen atoms in total. The Morgan fingerprint density at radius 1 is 1.00 bits per heavy atom. The molecule has 3 heterocycles. The number of benzene rings is 1. The molecule has 1 N–H and O–H groups in total. The summed E-state index contributed by atoms with van der Waals surface area (Å²) in [6.45, 7) is 7.97. The van der Waals surface area contributed by atoms with Crippen LogP contribution in [0.3, 0.4) is 0 Å². The summed E-state index contributed by atoms with van der Waals surface area (Å²) in [7, 11) is 4.20. The molecule has 0 spiro atoms. The van der Waals surface area contributed by atoms with Crippen LogP contribution in [0.1, 0.15) is 43.2 Å². The van der Waals surface area contributed by atoms with Crippen molar-refractivity contribution in [3.8, 4) is 0 Å². The van der Waals surface area contributed by atoms with E-state index in [9.17, 15) is 0 Å². The first-order chi connectivity index (χ1) is 13.7. The minimum absolute atomic E-state index is 0. The molecule has 1 aromatic rings. The maximum Gasteiger partial charge on any atom is 0.194 e. The lowest BCUT2D eigenvalue weighted by atomic mass is 9.84. The molecule has 0 bridgehead atoms. The summed E-state index contributed by atoms with van der Waals surface area (Å²) in [6.07, 6.45) is 7.74. The van der Waals surface area contributed by atoms with Gasteiger partial charge in [0.15, 0.2) is 5.96 Å². The largest absolute Gasteiger partial charge is 0.354 e. The lowest BCUT2D eigenvalue weighted by molar-refractivity contribution is 0.0169. The van der Waals surface area contributed by atoms with Gasteiger partial charge in [-0.05, 0) is 76.5 Å². The minimum Gasteiger partial charge on any atom is -0.354 e. The van der Waals surface area contributed by atoms with Crippen LogP contribution in [-0.4, -0.2) is 79.6 Å². The highest BCUT2D eigenvalue weighted by Crippen LogP contribution is 2.31. The number of nitrogens with zero attached hydrogens (tertiary/aromatic N) is 4. The van der Waals surface area contributed by atoms with E-state index in [0.717, 1.165) is 32.0 Å². The maximum atomic E-state index is 4.66. The van der Waals surface area contributed by atoms with Crippen molar-refractivity contribution in [1.29, 1.82) is 0 Å². The Labute approximate surface area is 193 Å². The third kappa shape index (κ3) is 5.25. The van der Waals surface area contributed by atoms with Crippen molar-refractivity contribution < 1.29 is 0 Å². The maximum absolute atomic E-state index is 4.66. The van der Waals surface area contributed by atoms with Gasteiger partial charge in [-0.1, -0.05) is 30.7 Å². The van der Waals surface area contributed by atoms with Crippen LogP contribution in [0.5, 0.6) is 0 Å². The molecule has 0 aromatic heterocycles. The average molecular weight is 511 g/mol. The summed E-state index contributed by atoms with van der Waals surface area (Å²) in [5.41, 5.74) is 3.23. The van der Waals surface area contributed by atoms with Crippen LogP contribution in [0.15, 0.2) is 29.3 Å². The Bertz CT molecular complexity index is 678. The van der Waals surface area contributed by atoms with Crippen molar-refractivity contribution in [2.45, 2.75) is 50.6 Å². The fourth-order valence-electron chi connectivity index (χ4n) is 5.26. The van der Waals surface area contributed by atoms with Gasteiger partial charge in [-0.3, -0.25) is 9.89 Å². The first-order valence-electron chi connectivity index (χ1n) is 11.2. The zero-order chi connectivity index (χ0) is 19.4. The summed E-state index contributed by atoms with van der Waals surface area (Å²) >= 11 is 0. The molecule has 162 valence electrons. The van der Waals surface area contributed by atoms with E-state index in [-0.39, 0.29) is 29.5 Å². The van der Waals surface area contributed by atoms with Crippen LogP contribution >= 0.6 is 24.0 Å². The molecule has 3 aliphatic heterocycles. The average Bonchev–Trinajstić information content (AvgIpc) is 2.76. The second-order valence-corrected chi connectivity index (χ2v) is 8.92. The normalized spacial score (nSPS) is 23.2. The zero-order valence-electron chi connectivity index (χ0n) is 18.2. The molecule has 4 rings (SSSR count). The molecule has 0 unspecified atom stereocenters. The van der Waals surface area contributed by atoms with Gasteiger partial charge in [0.05, 0.1) is 0 Å². The van der Waals surface area contributed by atoms with Crippen molar-refractivity contribution in [2.24, 2.45) is 4.99 Å². The van der Waals surface area contributed by atoms with Gasteiger partial charge in [0, 0.05) is 32.2 Å². The van der Waals surface area contributed by atoms with E-state index in [4.69, 9.17) is 0 Å². The molecule has 0 aliphatic carbocycles. The van der Waals surface area contributed by atoms with Crippen molar-refractivity contribution in [2.75, 3.05) is 53.4 Å². The molecule has 2 fully saturated rings. The summed E-state index contributed by atoms with van der Waals surface area (Å²) in [5, 5.41) is 3.81. The fraction of sp³-hybridized carbons (Fsp3) is 0.696. The van der Waals surface area contributed by atoms with Gasteiger partial charge >= 0.3 is 0 Å². The molecule has 6 heteroatoms.